The van der Waals surface area contributed by atoms with Crippen LogP contribution >= 0.6 is 0 Å². The monoisotopic (exact) mass is 268 g/mol. The molecule has 4 nitrogen and oxygen atoms in total. The van der Waals surface area contributed by atoms with Crippen molar-refractivity contribution in [1.82, 2.24) is 0 Å². The van der Waals surface area contributed by atoms with Crippen molar-refractivity contribution < 1.29 is 9.47 Å². The molecule has 2 rings (SSSR count). The lowest BCUT2D eigenvalue weighted by atomic mass is 10.2. The topological polar surface area (TPSA) is 54.3 Å². The summed E-state index contributed by atoms with van der Waals surface area (Å²) < 4.78 is 10.5. The Kier molecular flexibility index (Phi) is 4.46. The third-order valence-corrected chi connectivity index (χ3v) is 2.92. The fourth-order valence-corrected chi connectivity index (χ4v) is 1.84. The van der Waals surface area contributed by atoms with Gasteiger partial charge in [-0.1, -0.05) is 0 Å². The van der Waals surface area contributed by atoms with Crippen LogP contribution in [-0.2, 0) is 6.54 Å². The van der Waals surface area contributed by atoms with Crippen molar-refractivity contribution >= 4 is 5.69 Å². The minimum Gasteiger partial charge on any atom is -0.497 e. The Balaban J connectivity index is 2.07. The number of hydrogen-bond donors (Lipinski definition) is 1. The molecule has 2 aromatic rings. The van der Waals surface area contributed by atoms with E-state index in [-0.39, 0.29) is 0 Å². The average Bonchev–Trinajstić information content (AvgIpc) is 2.53. The van der Waals surface area contributed by atoms with Crippen LogP contribution < -0.4 is 14.8 Å². The van der Waals surface area contributed by atoms with Gasteiger partial charge in [-0.05, 0) is 42.0 Å². The highest BCUT2D eigenvalue weighted by molar-refractivity contribution is 5.48. The second-order valence-corrected chi connectivity index (χ2v) is 4.26. The summed E-state index contributed by atoms with van der Waals surface area (Å²) >= 11 is 0. The zero-order valence-corrected chi connectivity index (χ0v) is 11.5. The van der Waals surface area contributed by atoms with Gasteiger partial charge in [0.05, 0.1) is 25.9 Å². The van der Waals surface area contributed by atoms with E-state index in [1.807, 2.05) is 30.3 Å². The molecule has 0 aliphatic rings. The number of hydrogen-bond acceptors (Lipinski definition) is 4. The molecule has 0 saturated heterocycles. The molecular formula is C16H16N2O2. The molecule has 0 aromatic heterocycles. The predicted molar refractivity (Wildman–Crippen MR) is 78.0 cm³/mol. The Hall–Kier alpha value is -2.67. The first kappa shape index (κ1) is 13.8. The standard InChI is InChI=1S/C16H16N2O2/c1-19-15-7-13(8-16(9-15)20-2)11-18-14-5-3-12(10-17)4-6-14/h3-9,18H,11H2,1-2H3. The maximum Gasteiger partial charge on any atom is 0.122 e. The molecule has 0 saturated carbocycles. The summed E-state index contributed by atoms with van der Waals surface area (Å²) in [5.41, 5.74) is 2.68. The Labute approximate surface area is 118 Å². The molecule has 0 heterocycles. The lowest BCUT2D eigenvalue weighted by Gasteiger charge is -2.10. The maximum absolute atomic E-state index is 8.75. The van der Waals surface area contributed by atoms with Gasteiger partial charge in [-0.3, -0.25) is 0 Å². The first-order valence-electron chi connectivity index (χ1n) is 6.21. The van der Waals surface area contributed by atoms with E-state index in [1.165, 1.54) is 0 Å². The summed E-state index contributed by atoms with van der Waals surface area (Å²) in [4.78, 5) is 0. The summed E-state index contributed by atoms with van der Waals surface area (Å²) in [5, 5.41) is 12.0. The van der Waals surface area contributed by atoms with Crippen molar-refractivity contribution in [2.75, 3.05) is 19.5 Å². The lowest BCUT2D eigenvalue weighted by molar-refractivity contribution is 0.393. The lowest BCUT2D eigenvalue weighted by Crippen LogP contribution is -2.00. The molecule has 0 aliphatic carbocycles. The van der Waals surface area contributed by atoms with E-state index in [2.05, 4.69) is 11.4 Å². The molecule has 0 unspecified atom stereocenters. The molecule has 102 valence electrons. The summed E-state index contributed by atoms with van der Waals surface area (Å²) in [7, 11) is 3.26. The van der Waals surface area contributed by atoms with Crippen LogP contribution in [0.5, 0.6) is 11.5 Å². The normalized spacial score (nSPS) is 9.65. The molecule has 1 N–H and O–H groups in total. The molecule has 2 aromatic carbocycles. The quantitative estimate of drug-likeness (QED) is 0.904. The van der Waals surface area contributed by atoms with Gasteiger partial charge in [0, 0.05) is 18.3 Å². The first-order valence-corrected chi connectivity index (χ1v) is 6.21. The van der Waals surface area contributed by atoms with E-state index in [0.29, 0.717) is 12.1 Å². The number of nitriles is 1. The second kappa shape index (κ2) is 6.48. The number of benzene rings is 2. The third-order valence-electron chi connectivity index (χ3n) is 2.92. The van der Waals surface area contributed by atoms with Crippen LogP contribution in [0.2, 0.25) is 0 Å². The number of anilines is 1. The molecule has 0 radical (unpaired) electrons. The molecule has 0 spiro atoms. The average molecular weight is 268 g/mol. The van der Waals surface area contributed by atoms with Crippen LogP contribution in [0.3, 0.4) is 0 Å². The Morgan fingerprint density at radius 3 is 2.10 bits per heavy atom. The van der Waals surface area contributed by atoms with Crippen molar-refractivity contribution in [3.63, 3.8) is 0 Å². The van der Waals surface area contributed by atoms with E-state index in [9.17, 15) is 0 Å². The number of nitrogens with zero attached hydrogens (tertiary/aromatic N) is 1. The van der Waals surface area contributed by atoms with Gasteiger partial charge in [0.2, 0.25) is 0 Å². The Morgan fingerprint density at radius 2 is 1.60 bits per heavy atom. The van der Waals surface area contributed by atoms with Crippen molar-refractivity contribution in [1.29, 1.82) is 5.26 Å². The zero-order valence-electron chi connectivity index (χ0n) is 11.5. The number of methoxy groups -OCH3 is 2. The van der Waals surface area contributed by atoms with Gasteiger partial charge in [0.15, 0.2) is 0 Å². The summed E-state index contributed by atoms with van der Waals surface area (Å²) in [6.07, 6.45) is 0. The van der Waals surface area contributed by atoms with Crippen molar-refractivity contribution in [2.24, 2.45) is 0 Å². The van der Waals surface area contributed by atoms with Crippen LogP contribution in [0.1, 0.15) is 11.1 Å². The number of nitrogens with one attached hydrogen (secondary N) is 1. The Morgan fingerprint density at radius 1 is 1.00 bits per heavy atom. The van der Waals surface area contributed by atoms with Crippen molar-refractivity contribution in [2.45, 2.75) is 6.54 Å². The maximum atomic E-state index is 8.75. The zero-order chi connectivity index (χ0) is 14.4. The van der Waals surface area contributed by atoms with Gasteiger partial charge >= 0.3 is 0 Å². The van der Waals surface area contributed by atoms with Gasteiger partial charge in [-0.2, -0.15) is 5.26 Å². The molecule has 0 atom stereocenters. The minimum absolute atomic E-state index is 0.651. The van der Waals surface area contributed by atoms with Crippen LogP contribution in [0, 0.1) is 11.3 Å². The molecule has 20 heavy (non-hydrogen) atoms. The summed E-state index contributed by atoms with van der Waals surface area (Å²) in [6, 6.07) is 15.2. The van der Waals surface area contributed by atoms with Crippen molar-refractivity contribution in [3.8, 4) is 17.6 Å². The highest BCUT2D eigenvalue weighted by atomic mass is 16.5. The molecule has 0 amide bonds. The minimum atomic E-state index is 0.651. The molecular weight excluding hydrogens is 252 g/mol. The fraction of sp³-hybridized carbons (Fsp3) is 0.188. The smallest absolute Gasteiger partial charge is 0.122 e. The van der Waals surface area contributed by atoms with E-state index in [0.717, 1.165) is 22.7 Å². The van der Waals surface area contributed by atoms with Crippen molar-refractivity contribution in [3.05, 3.63) is 53.6 Å². The first-order chi connectivity index (χ1) is 9.75. The fourth-order valence-electron chi connectivity index (χ4n) is 1.84. The predicted octanol–water partition coefficient (Wildman–Crippen LogP) is 3.19. The van der Waals surface area contributed by atoms with Crippen LogP contribution in [0.25, 0.3) is 0 Å². The highest BCUT2D eigenvalue weighted by Crippen LogP contribution is 2.23. The molecule has 4 heteroatoms. The molecule has 0 fully saturated rings. The van der Waals surface area contributed by atoms with Gasteiger partial charge in [0.1, 0.15) is 11.5 Å². The third kappa shape index (κ3) is 3.42. The van der Waals surface area contributed by atoms with Gasteiger partial charge in [-0.25, -0.2) is 0 Å². The number of ether oxygens (including phenoxy) is 2. The van der Waals surface area contributed by atoms with Crippen LogP contribution in [-0.4, -0.2) is 14.2 Å². The number of rotatable bonds is 5. The van der Waals surface area contributed by atoms with Gasteiger partial charge in [0.25, 0.3) is 0 Å². The molecule has 0 bridgehead atoms. The largest absolute Gasteiger partial charge is 0.497 e. The Bertz CT molecular complexity index is 593. The summed E-state index contributed by atoms with van der Waals surface area (Å²) in [6.45, 7) is 0.652. The van der Waals surface area contributed by atoms with E-state index >= 15 is 0 Å². The van der Waals surface area contributed by atoms with Crippen LogP contribution in [0.15, 0.2) is 42.5 Å². The summed E-state index contributed by atoms with van der Waals surface area (Å²) in [5.74, 6) is 1.53. The highest BCUT2D eigenvalue weighted by Gasteiger charge is 2.02. The van der Waals surface area contributed by atoms with E-state index in [1.54, 1.807) is 26.4 Å². The van der Waals surface area contributed by atoms with Gasteiger partial charge in [-0.15, -0.1) is 0 Å². The van der Waals surface area contributed by atoms with E-state index in [4.69, 9.17) is 14.7 Å². The van der Waals surface area contributed by atoms with Crippen LogP contribution in [0.4, 0.5) is 5.69 Å². The SMILES string of the molecule is COc1cc(CNc2ccc(C#N)cc2)cc(OC)c1. The van der Waals surface area contributed by atoms with E-state index < -0.39 is 0 Å². The van der Waals surface area contributed by atoms with Gasteiger partial charge < -0.3 is 14.8 Å². The second-order valence-electron chi connectivity index (χ2n) is 4.26. The molecule has 0 aliphatic heterocycles.